The van der Waals surface area contributed by atoms with Crippen LogP contribution in [0, 0.1) is 23.7 Å². The highest BCUT2D eigenvalue weighted by Gasteiger charge is 2.48. The highest BCUT2D eigenvalue weighted by molar-refractivity contribution is 5.90. The van der Waals surface area contributed by atoms with Crippen molar-refractivity contribution in [2.75, 3.05) is 5.32 Å². The zero-order valence-corrected chi connectivity index (χ0v) is 11.4. The molecule has 1 amide bonds. The molecule has 1 heterocycles. The molecule has 3 saturated carbocycles. The Morgan fingerprint density at radius 3 is 2.95 bits per heavy atom. The zero-order chi connectivity index (χ0) is 13.0. The molecule has 3 fully saturated rings. The Morgan fingerprint density at radius 2 is 2.32 bits per heavy atom. The van der Waals surface area contributed by atoms with Gasteiger partial charge >= 0.3 is 0 Å². The van der Waals surface area contributed by atoms with Gasteiger partial charge < -0.3 is 5.32 Å². The number of rotatable bonds is 4. The van der Waals surface area contributed by atoms with E-state index in [9.17, 15) is 4.79 Å². The molecule has 19 heavy (non-hydrogen) atoms. The SMILES string of the molecule is CC1CC1c1cc(NC(=O)CC2CCC3CC23)n[nH]1. The number of nitrogens with zero attached hydrogens (tertiary/aromatic N) is 1. The predicted molar refractivity (Wildman–Crippen MR) is 72.7 cm³/mol. The van der Waals surface area contributed by atoms with Crippen molar-refractivity contribution in [1.82, 2.24) is 10.2 Å². The fourth-order valence-corrected chi connectivity index (χ4v) is 3.85. The molecule has 1 aromatic rings. The highest BCUT2D eigenvalue weighted by atomic mass is 16.1. The lowest BCUT2D eigenvalue weighted by Gasteiger charge is -2.10. The summed E-state index contributed by atoms with van der Waals surface area (Å²) in [5.41, 5.74) is 1.17. The Hall–Kier alpha value is -1.32. The van der Waals surface area contributed by atoms with E-state index < -0.39 is 0 Å². The van der Waals surface area contributed by atoms with E-state index in [0.29, 0.717) is 24.1 Å². The number of carbonyl (C=O) groups is 1. The molecule has 0 aromatic carbocycles. The van der Waals surface area contributed by atoms with E-state index in [-0.39, 0.29) is 5.91 Å². The van der Waals surface area contributed by atoms with Crippen LogP contribution in [-0.2, 0) is 4.79 Å². The van der Waals surface area contributed by atoms with Crippen LogP contribution in [0.5, 0.6) is 0 Å². The van der Waals surface area contributed by atoms with Crippen molar-refractivity contribution in [2.24, 2.45) is 23.7 Å². The monoisotopic (exact) mass is 259 g/mol. The van der Waals surface area contributed by atoms with Crippen LogP contribution >= 0.6 is 0 Å². The largest absolute Gasteiger partial charge is 0.309 e. The predicted octanol–water partition coefficient (Wildman–Crippen LogP) is 2.91. The Kier molecular flexibility index (Phi) is 2.47. The Bertz CT molecular complexity index is 509. The number of H-pyrrole nitrogens is 1. The number of aromatic amines is 1. The lowest BCUT2D eigenvalue weighted by molar-refractivity contribution is -0.117. The molecule has 3 aliphatic rings. The van der Waals surface area contributed by atoms with E-state index in [0.717, 1.165) is 17.8 Å². The van der Waals surface area contributed by atoms with E-state index in [2.05, 4.69) is 22.4 Å². The summed E-state index contributed by atoms with van der Waals surface area (Å²) >= 11 is 0. The lowest BCUT2D eigenvalue weighted by Crippen LogP contribution is -2.16. The molecule has 5 unspecified atom stereocenters. The van der Waals surface area contributed by atoms with Gasteiger partial charge in [-0.1, -0.05) is 6.92 Å². The number of carbonyl (C=O) groups excluding carboxylic acids is 1. The maximum atomic E-state index is 12.0. The lowest BCUT2D eigenvalue weighted by atomic mass is 9.99. The van der Waals surface area contributed by atoms with Gasteiger partial charge in [-0.3, -0.25) is 9.89 Å². The third-order valence-electron chi connectivity index (χ3n) is 5.31. The first-order chi connectivity index (χ1) is 9.20. The molecule has 0 radical (unpaired) electrons. The molecule has 0 saturated heterocycles. The van der Waals surface area contributed by atoms with Crippen molar-refractivity contribution < 1.29 is 4.79 Å². The third kappa shape index (κ3) is 2.17. The molecule has 2 N–H and O–H groups in total. The van der Waals surface area contributed by atoms with Crippen LogP contribution in [0.4, 0.5) is 5.82 Å². The van der Waals surface area contributed by atoms with Gasteiger partial charge in [0, 0.05) is 24.1 Å². The highest BCUT2D eigenvalue weighted by Crippen LogP contribution is 2.56. The summed E-state index contributed by atoms with van der Waals surface area (Å²) < 4.78 is 0. The summed E-state index contributed by atoms with van der Waals surface area (Å²) in [5.74, 6) is 4.66. The minimum atomic E-state index is 0.138. The van der Waals surface area contributed by atoms with Crippen molar-refractivity contribution in [3.8, 4) is 0 Å². The fraction of sp³-hybridized carbons (Fsp3) is 0.733. The molecule has 4 rings (SSSR count). The number of hydrogen-bond donors (Lipinski definition) is 2. The first-order valence-corrected chi connectivity index (χ1v) is 7.56. The van der Waals surface area contributed by atoms with Gasteiger partial charge in [-0.05, 0) is 49.4 Å². The van der Waals surface area contributed by atoms with Crippen molar-refractivity contribution in [3.05, 3.63) is 11.8 Å². The topological polar surface area (TPSA) is 57.8 Å². The van der Waals surface area contributed by atoms with Crippen LogP contribution in [0.2, 0.25) is 0 Å². The number of fused-ring (bicyclic) bond motifs is 1. The van der Waals surface area contributed by atoms with Crippen LogP contribution < -0.4 is 5.32 Å². The summed E-state index contributed by atoms with van der Waals surface area (Å²) in [7, 11) is 0. The van der Waals surface area contributed by atoms with Crippen LogP contribution in [0.25, 0.3) is 0 Å². The van der Waals surface area contributed by atoms with Gasteiger partial charge in [-0.2, -0.15) is 5.10 Å². The second-order valence-corrected chi connectivity index (χ2v) is 6.78. The van der Waals surface area contributed by atoms with E-state index >= 15 is 0 Å². The second-order valence-electron chi connectivity index (χ2n) is 6.78. The number of anilines is 1. The summed E-state index contributed by atoms with van der Waals surface area (Å²) in [4.78, 5) is 12.0. The smallest absolute Gasteiger partial charge is 0.225 e. The minimum absolute atomic E-state index is 0.138. The summed E-state index contributed by atoms with van der Waals surface area (Å²) in [5, 5.41) is 10.2. The quantitative estimate of drug-likeness (QED) is 0.873. The van der Waals surface area contributed by atoms with Crippen molar-refractivity contribution in [2.45, 2.75) is 44.9 Å². The summed E-state index contributed by atoms with van der Waals surface area (Å²) in [6.45, 7) is 2.25. The second kappa shape index (κ2) is 4.09. The van der Waals surface area contributed by atoms with Gasteiger partial charge in [0.2, 0.25) is 5.91 Å². The molecular formula is C15H21N3O. The molecular weight excluding hydrogens is 238 g/mol. The first kappa shape index (κ1) is 11.5. The average Bonchev–Trinajstić information content (AvgIpc) is 3.22. The Labute approximate surface area is 113 Å². The third-order valence-corrected chi connectivity index (χ3v) is 5.31. The van der Waals surface area contributed by atoms with Gasteiger partial charge in [0.1, 0.15) is 0 Å². The van der Waals surface area contributed by atoms with Crippen LogP contribution in [0.1, 0.15) is 50.6 Å². The van der Waals surface area contributed by atoms with Crippen LogP contribution in [-0.4, -0.2) is 16.1 Å². The summed E-state index contributed by atoms with van der Waals surface area (Å²) in [6.07, 6.45) is 5.87. The molecule has 4 heteroatoms. The maximum Gasteiger partial charge on any atom is 0.225 e. The number of nitrogens with one attached hydrogen (secondary N) is 2. The van der Waals surface area contributed by atoms with Gasteiger partial charge in [-0.25, -0.2) is 0 Å². The van der Waals surface area contributed by atoms with Gasteiger partial charge in [0.25, 0.3) is 0 Å². The van der Waals surface area contributed by atoms with E-state index in [4.69, 9.17) is 0 Å². The average molecular weight is 259 g/mol. The molecule has 5 atom stereocenters. The maximum absolute atomic E-state index is 12.0. The molecule has 102 valence electrons. The van der Waals surface area contributed by atoms with Gasteiger partial charge in [0.05, 0.1) is 0 Å². The number of amides is 1. The normalized spacial score (nSPS) is 38.9. The van der Waals surface area contributed by atoms with Gasteiger partial charge in [-0.15, -0.1) is 0 Å². The summed E-state index contributed by atoms with van der Waals surface area (Å²) in [6, 6.07) is 2.00. The standard InChI is InChI=1S/C15H21N3O/c1-8-4-11(8)13-7-14(18-17-13)16-15(19)6-10-3-2-9-5-12(9)10/h7-12H,2-6H2,1H3,(H2,16,17,18,19). The molecule has 0 aliphatic heterocycles. The first-order valence-electron chi connectivity index (χ1n) is 7.56. The minimum Gasteiger partial charge on any atom is -0.309 e. The van der Waals surface area contributed by atoms with Crippen molar-refractivity contribution in [3.63, 3.8) is 0 Å². The number of aromatic nitrogens is 2. The van der Waals surface area contributed by atoms with Crippen molar-refractivity contribution >= 4 is 11.7 Å². The van der Waals surface area contributed by atoms with E-state index in [1.165, 1.54) is 31.4 Å². The molecule has 1 aromatic heterocycles. The Morgan fingerprint density at radius 1 is 1.47 bits per heavy atom. The molecule has 0 spiro atoms. The van der Waals surface area contributed by atoms with Crippen LogP contribution in [0.3, 0.4) is 0 Å². The fourth-order valence-electron chi connectivity index (χ4n) is 3.85. The van der Waals surface area contributed by atoms with Crippen molar-refractivity contribution in [1.29, 1.82) is 0 Å². The Balaban J connectivity index is 1.33. The molecule has 3 aliphatic carbocycles. The molecule has 0 bridgehead atoms. The zero-order valence-electron chi connectivity index (χ0n) is 11.4. The molecule has 4 nitrogen and oxygen atoms in total. The van der Waals surface area contributed by atoms with E-state index in [1.807, 2.05) is 6.07 Å². The van der Waals surface area contributed by atoms with Crippen LogP contribution in [0.15, 0.2) is 6.07 Å². The van der Waals surface area contributed by atoms with E-state index in [1.54, 1.807) is 0 Å². The number of hydrogen-bond acceptors (Lipinski definition) is 2. The van der Waals surface area contributed by atoms with Gasteiger partial charge in [0.15, 0.2) is 5.82 Å².